The Labute approximate surface area is 137 Å². The number of imide groups is 1. The predicted octanol–water partition coefficient (Wildman–Crippen LogP) is 1.43. The number of amides is 2. The Hall–Kier alpha value is -3.22. The number of benzene rings is 1. The van der Waals surface area contributed by atoms with Crippen molar-refractivity contribution in [3.8, 4) is 0 Å². The second-order valence-electron chi connectivity index (χ2n) is 5.32. The van der Waals surface area contributed by atoms with Gasteiger partial charge < -0.3 is 9.72 Å². The number of hydrogen-bond donors (Lipinski definition) is 1. The average molecular weight is 326 g/mol. The van der Waals surface area contributed by atoms with Crippen molar-refractivity contribution in [3.05, 3.63) is 59.4 Å². The Morgan fingerprint density at radius 2 is 1.71 bits per heavy atom. The lowest BCUT2D eigenvalue weighted by atomic mass is 10.1. The lowest BCUT2D eigenvalue weighted by molar-refractivity contribution is -0.146. The number of Topliss-reactive ketones (excluding diaryl/α,β-unsaturated/α-hetero) is 1. The zero-order valence-corrected chi connectivity index (χ0v) is 12.8. The average Bonchev–Trinajstić information content (AvgIpc) is 3.20. The molecule has 1 atom stereocenters. The number of carbonyl (C=O) groups excluding carboxylic acids is 4. The number of carbonyl (C=O) groups is 4. The highest BCUT2D eigenvalue weighted by Gasteiger charge is 2.41. The third-order valence-electron chi connectivity index (χ3n) is 3.80. The Morgan fingerprint density at radius 3 is 2.25 bits per heavy atom. The fourth-order valence-electron chi connectivity index (χ4n) is 2.50. The van der Waals surface area contributed by atoms with Crippen LogP contribution in [0.4, 0.5) is 0 Å². The minimum absolute atomic E-state index is 0.254. The summed E-state index contributed by atoms with van der Waals surface area (Å²) in [6.45, 7) is 0.927. The number of nitrogens with one attached hydrogen (secondary N) is 1. The van der Waals surface area contributed by atoms with E-state index in [-0.39, 0.29) is 11.1 Å². The van der Waals surface area contributed by atoms with E-state index in [0.717, 1.165) is 4.90 Å². The fourth-order valence-corrected chi connectivity index (χ4v) is 2.50. The molecule has 0 saturated carbocycles. The maximum atomic E-state index is 12.3. The third kappa shape index (κ3) is 2.60. The summed E-state index contributed by atoms with van der Waals surface area (Å²) in [5.74, 6) is -2.31. The lowest BCUT2D eigenvalue weighted by Crippen LogP contribution is -2.44. The summed E-state index contributed by atoms with van der Waals surface area (Å²) in [5, 5.41) is 0. The van der Waals surface area contributed by atoms with Crippen molar-refractivity contribution in [1.82, 2.24) is 9.88 Å². The Balaban J connectivity index is 1.67. The van der Waals surface area contributed by atoms with Crippen molar-refractivity contribution in [3.63, 3.8) is 0 Å². The van der Waals surface area contributed by atoms with Crippen molar-refractivity contribution >= 4 is 23.6 Å². The molecule has 2 aromatic rings. The van der Waals surface area contributed by atoms with Crippen LogP contribution in [-0.2, 0) is 9.53 Å². The van der Waals surface area contributed by atoms with Gasteiger partial charge in [0.1, 0.15) is 6.04 Å². The van der Waals surface area contributed by atoms with Gasteiger partial charge in [-0.2, -0.15) is 0 Å². The molecule has 0 bridgehead atoms. The van der Waals surface area contributed by atoms with Gasteiger partial charge in [-0.15, -0.1) is 0 Å². The number of nitrogens with zero attached hydrogens (tertiary/aromatic N) is 1. The molecule has 0 saturated heterocycles. The standard InChI is InChI=1S/C17H14N2O5/c1-10(17(23)24-9-14(20)13-7-4-8-18-13)19-15(21)11-5-2-3-6-12(11)16(19)22/h2-8,10,18H,9H2,1H3. The molecule has 7 heteroatoms. The molecule has 1 aliphatic heterocycles. The predicted molar refractivity (Wildman–Crippen MR) is 82.5 cm³/mol. The highest BCUT2D eigenvalue weighted by atomic mass is 16.5. The van der Waals surface area contributed by atoms with Crippen LogP contribution in [0, 0.1) is 0 Å². The van der Waals surface area contributed by atoms with Crippen LogP contribution < -0.4 is 0 Å². The largest absolute Gasteiger partial charge is 0.456 e. The summed E-state index contributed by atoms with van der Waals surface area (Å²) < 4.78 is 4.94. The van der Waals surface area contributed by atoms with Gasteiger partial charge in [0.05, 0.1) is 16.8 Å². The van der Waals surface area contributed by atoms with E-state index < -0.39 is 36.2 Å². The van der Waals surface area contributed by atoms with Crippen molar-refractivity contribution in [2.45, 2.75) is 13.0 Å². The molecule has 1 aromatic heterocycles. The van der Waals surface area contributed by atoms with Gasteiger partial charge in [-0.05, 0) is 31.2 Å². The van der Waals surface area contributed by atoms with E-state index >= 15 is 0 Å². The van der Waals surface area contributed by atoms with Gasteiger partial charge in [0.2, 0.25) is 5.78 Å². The van der Waals surface area contributed by atoms with E-state index in [0.29, 0.717) is 5.69 Å². The second kappa shape index (κ2) is 6.11. The van der Waals surface area contributed by atoms with Crippen LogP contribution in [-0.4, -0.2) is 46.1 Å². The molecule has 0 spiro atoms. The zero-order valence-electron chi connectivity index (χ0n) is 12.8. The molecule has 7 nitrogen and oxygen atoms in total. The van der Waals surface area contributed by atoms with E-state index in [1.54, 1.807) is 30.5 Å². The first kappa shape index (κ1) is 15.7. The molecule has 1 aromatic carbocycles. The number of esters is 1. The number of ketones is 1. The summed E-state index contributed by atoms with van der Waals surface area (Å²) in [5.41, 5.74) is 0.824. The number of ether oxygens (including phenoxy) is 1. The number of aromatic nitrogens is 1. The normalized spacial score (nSPS) is 14.5. The summed E-state index contributed by atoms with van der Waals surface area (Å²) in [4.78, 5) is 52.1. The SMILES string of the molecule is CC(C(=O)OCC(=O)c1ccc[nH]1)N1C(=O)c2ccccc2C1=O. The molecule has 122 valence electrons. The first-order valence-electron chi connectivity index (χ1n) is 7.31. The topological polar surface area (TPSA) is 96.5 Å². The maximum Gasteiger partial charge on any atom is 0.329 e. The highest BCUT2D eigenvalue weighted by molar-refractivity contribution is 6.22. The lowest BCUT2D eigenvalue weighted by Gasteiger charge is -2.20. The van der Waals surface area contributed by atoms with Crippen LogP contribution in [0.5, 0.6) is 0 Å². The van der Waals surface area contributed by atoms with Gasteiger partial charge in [0, 0.05) is 6.20 Å². The first-order valence-corrected chi connectivity index (χ1v) is 7.31. The molecule has 2 heterocycles. The molecule has 1 unspecified atom stereocenters. The van der Waals surface area contributed by atoms with Crippen LogP contribution >= 0.6 is 0 Å². The van der Waals surface area contributed by atoms with Gasteiger partial charge in [-0.25, -0.2) is 4.79 Å². The Morgan fingerprint density at radius 1 is 1.08 bits per heavy atom. The summed E-state index contributed by atoms with van der Waals surface area (Å²) in [7, 11) is 0. The first-order chi connectivity index (χ1) is 11.5. The van der Waals surface area contributed by atoms with Crippen molar-refractivity contribution in [2.75, 3.05) is 6.61 Å². The minimum atomic E-state index is -1.12. The number of H-pyrrole nitrogens is 1. The van der Waals surface area contributed by atoms with Crippen LogP contribution in [0.1, 0.15) is 38.1 Å². The Kier molecular flexibility index (Phi) is 3.99. The monoisotopic (exact) mass is 326 g/mol. The number of rotatable bonds is 5. The van der Waals surface area contributed by atoms with Crippen LogP contribution in [0.25, 0.3) is 0 Å². The second-order valence-corrected chi connectivity index (χ2v) is 5.32. The van der Waals surface area contributed by atoms with Crippen molar-refractivity contribution in [2.24, 2.45) is 0 Å². The van der Waals surface area contributed by atoms with Gasteiger partial charge in [0.15, 0.2) is 6.61 Å². The molecule has 3 rings (SSSR count). The molecule has 0 fully saturated rings. The highest BCUT2D eigenvalue weighted by Crippen LogP contribution is 2.24. The Bertz CT molecular complexity index is 790. The van der Waals surface area contributed by atoms with E-state index in [4.69, 9.17) is 4.74 Å². The van der Waals surface area contributed by atoms with Crippen LogP contribution in [0.3, 0.4) is 0 Å². The van der Waals surface area contributed by atoms with Gasteiger partial charge >= 0.3 is 5.97 Å². The molecule has 24 heavy (non-hydrogen) atoms. The van der Waals surface area contributed by atoms with Crippen molar-refractivity contribution < 1.29 is 23.9 Å². The number of hydrogen-bond acceptors (Lipinski definition) is 5. The number of aromatic amines is 1. The summed E-state index contributed by atoms with van der Waals surface area (Å²) in [6.07, 6.45) is 1.58. The molecule has 1 N–H and O–H groups in total. The maximum absolute atomic E-state index is 12.3. The molecular weight excluding hydrogens is 312 g/mol. The number of fused-ring (bicyclic) bond motifs is 1. The van der Waals surface area contributed by atoms with E-state index in [1.807, 2.05) is 0 Å². The van der Waals surface area contributed by atoms with Gasteiger partial charge in [-0.1, -0.05) is 12.1 Å². The molecule has 0 radical (unpaired) electrons. The van der Waals surface area contributed by atoms with E-state index in [9.17, 15) is 19.2 Å². The fraction of sp³-hybridized carbons (Fsp3) is 0.176. The van der Waals surface area contributed by atoms with Gasteiger partial charge in [0.25, 0.3) is 11.8 Å². The third-order valence-corrected chi connectivity index (χ3v) is 3.80. The van der Waals surface area contributed by atoms with Crippen molar-refractivity contribution in [1.29, 1.82) is 0 Å². The quantitative estimate of drug-likeness (QED) is 0.509. The van der Waals surface area contributed by atoms with Crippen LogP contribution in [0.15, 0.2) is 42.6 Å². The van der Waals surface area contributed by atoms with E-state index in [1.165, 1.54) is 19.1 Å². The molecule has 2 amide bonds. The van der Waals surface area contributed by atoms with E-state index in [2.05, 4.69) is 4.98 Å². The van der Waals surface area contributed by atoms with Crippen LogP contribution in [0.2, 0.25) is 0 Å². The molecular formula is C17H14N2O5. The smallest absolute Gasteiger partial charge is 0.329 e. The zero-order chi connectivity index (χ0) is 17.3. The molecule has 1 aliphatic rings. The molecule has 0 aliphatic carbocycles. The minimum Gasteiger partial charge on any atom is -0.456 e. The summed E-state index contributed by atoms with van der Waals surface area (Å²) >= 11 is 0. The van der Waals surface area contributed by atoms with Gasteiger partial charge in [-0.3, -0.25) is 19.3 Å². The summed E-state index contributed by atoms with van der Waals surface area (Å²) in [6, 6.07) is 8.44.